The van der Waals surface area contributed by atoms with Crippen LogP contribution in [0.2, 0.25) is 0 Å². The van der Waals surface area contributed by atoms with E-state index in [1.54, 1.807) is 6.20 Å². The molecule has 6 nitrogen and oxygen atoms in total. The van der Waals surface area contributed by atoms with E-state index in [2.05, 4.69) is 33.8 Å². The van der Waals surface area contributed by atoms with Crippen LogP contribution in [-0.4, -0.2) is 57.0 Å². The first kappa shape index (κ1) is 21.4. The van der Waals surface area contributed by atoms with Crippen LogP contribution in [0.1, 0.15) is 106 Å². The predicted octanol–water partition coefficient (Wildman–Crippen LogP) is 4.49. The SMILES string of the molecule is C[C@H]1CCC[C@H](C)N1C(=O)c1cn[nH]c1C1CCN(C(=O)CC2CCCCC2)CC1. The molecule has 0 spiro atoms. The summed E-state index contributed by atoms with van der Waals surface area (Å²) in [6.45, 7) is 5.90. The smallest absolute Gasteiger partial charge is 0.257 e. The van der Waals surface area contributed by atoms with Crippen molar-refractivity contribution < 1.29 is 9.59 Å². The summed E-state index contributed by atoms with van der Waals surface area (Å²) >= 11 is 0. The zero-order valence-corrected chi connectivity index (χ0v) is 18.7. The average molecular weight is 415 g/mol. The monoisotopic (exact) mass is 414 g/mol. The Kier molecular flexibility index (Phi) is 6.79. The molecule has 0 bridgehead atoms. The molecule has 1 N–H and O–H groups in total. The molecule has 0 aromatic carbocycles. The Morgan fingerprint density at radius 2 is 1.63 bits per heavy atom. The van der Waals surface area contributed by atoms with E-state index in [0.717, 1.165) is 56.5 Å². The molecule has 0 unspecified atom stereocenters. The molecule has 30 heavy (non-hydrogen) atoms. The van der Waals surface area contributed by atoms with E-state index in [1.165, 1.54) is 38.5 Å². The maximum absolute atomic E-state index is 13.3. The average Bonchev–Trinajstić information content (AvgIpc) is 3.24. The van der Waals surface area contributed by atoms with Gasteiger partial charge >= 0.3 is 0 Å². The van der Waals surface area contributed by atoms with E-state index in [0.29, 0.717) is 11.8 Å². The highest BCUT2D eigenvalue weighted by Crippen LogP contribution is 2.33. The van der Waals surface area contributed by atoms with Crippen molar-refractivity contribution in [2.75, 3.05) is 13.1 Å². The van der Waals surface area contributed by atoms with E-state index in [-0.39, 0.29) is 23.9 Å². The number of carbonyl (C=O) groups is 2. The zero-order valence-electron chi connectivity index (χ0n) is 18.7. The minimum Gasteiger partial charge on any atom is -0.343 e. The van der Waals surface area contributed by atoms with E-state index in [9.17, 15) is 9.59 Å². The van der Waals surface area contributed by atoms with Gasteiger partial charge < -0.3 is 9.80 Å². The predicted molar refractivity (Wildman–Crippen MR) is 117 cm³/mol. The van der Waals surface area contributed by atoms with E-state index in [1.807, 2.05) is 0 Å². The number of likely N-dealkylation sites (tertiary alicyclic amines) is 2. The summed E-state index contributed by atoms with van der Waals surface area (Å²) in [6.07, 6.45) is 13.9. The molecule has 1 aliphatic carbocycles. The van der Waals surface area contributed by atoms with Gasteiger partial charge in [0.15, 0.2) is 0 Å². The molecule has 0 radical (unpaired) electrons. The number of H-pyrrole nitrogens is 1. The number of hydrogen-bond donors (Lipinski definition) is 1. The summed E-state index contributed by atoms with van der Waals surface area (Å²) in [5.41, 5.74) is 1.71. The van der Waals surface area contributed by atoms with E-state index >= 15 is 0 Å². The van der Waals surface area contributed by atoms with Crippen LogP contribution in [0.5, 0.6) is 0 Å². The Bertz CT molecular complexity index is 721. The van der Waals surface area contributed by atoms with E-state index < -0.39 is 0 Å². The van der Waals surface area contributed by atoms with Crippen molar-refractivity contribution in [3.8, 4) is 0 Å². The van der Waals surface area contributed by atoms with Gasteiger partial charge in [0.05, 0.1) is 17.5 Å². The number of nitrogens with zero attached hydrogens (tertiary/aromatic N) is 3. The van der Waals surface area contributed by atoms with Crippen LogP contribution in [0.3, 0.4) is 0 Å². The normalized spacial score (nSPS) is 26.7. The molecule has 3 heterocycles. The number of amides is 2. The topological polar surface area (TPSA) is 69.3 Å². The van der Waals surface area contributed by atoms with Gasteiger partial charge in [0.1, 0.15) is 0 Å². The minimum absolute atomic E-state index is 0.120. The summed E-state index contributed by atoms with van der Waals surface area (Å²) in [4.78, 5) is 30.2. The van der Waals surface area contributed by atoms with Crippen molar-refractivity contribution in [2.45, 2.75) is 102 Å². The Hall–Kier alpha value is -1.85. The number of carbonyl (C=O) groups excluding carboxylic acids is 2. The summed E-state index contributed by atoms with van der Waals surface area (Å²) < 4.78 is 0. The van der Waals surface area contributed by atoms with Crippen LogP contribution in [0.25, 0.3) is 0 Å². The molecule has 1 aromatic rings. The fourth-order valence-electron chi connectivity index (χ4n) is 5.92. The van der Waals surface area contributed by atoms with E-state index in [4.69, 9.17) is 0 Å². The largest absolute Gasteiger partial charge is 0.343 e. The molecular formula is C24H38N4O2. The van der Waals surface area contributed by atoms with Gasteiger partial charge in [-0.25, -0.2) is 0 Å². The Labute approximate surface area is 180 Å². The summed E-state index contributed by atoms with van der Waals surface area (Å²) in [5, 5.41) is 7.38. The molecule has 1 saturated carbocycles. The van der Waals surface area contributed by atoms with Gasteiger partial charge in [0.25, 0.3) is 5.91 Å². The molecule has 2 aliphatic heterocycles. The Balaban J connectivity index is 1.36. The van der Waals surface area contributed by atoms with Gasteiger partial charge in [-0.05, 0) is 64.7 Å². The van der Waals surface area contributed by atoms with Gasteiger partial charge in [0, 0.05) is 37.5 Å². The van der Waals surface area contributed by atoms with Gasteiger partial charge in [-0.2, -0.15) is 5.10 Å². The first-order valence-corrected chi connectivity index (χ1v) is 12.2. The molecular weight excluding hydrogens is 376 g/mol. The van der Waals surface area contributed by atoms with Crippen LogP contribution in [0, 0.1) is 5.92 Å². The highest BCUT2D eigenvalue weighted by atomic mass is 16.2. The van der Waals surface area contributed by atoms with Gasteiger partial charge in [-0.3, -0.25) is 14.7 Å². The summed E-state index contributed by atoms with van der Waals surface area (Å²) in [7, 11) is 0. The molecule has 3 aliphatic rings. The fraction of sp³-hybridized carbons (Fsp3) is 0.792. The van der Waals surface area contributed by atoms with Gasteiger partial charge in [0.2, 0.25) is 5.91 Å². The number of piperidine rings is 2. The number of nitrogens with one attached hydrogen (secondary N) is 1. The third kappa shape index (κ3) is 4.57. The highest BCUT2D eigenvalue weighted by Gasteiger charge is 2.34. The van der Waals surface area contributed by atoms with Crippen molar-refractivity contribution in [3.05, 3.63) is 17.5 Å². The number of aromatic amines is 1. The lowest BCUT2D eigenvalue weighted by molar-refractivity contribution is -0.133. The van der Waals surface area contributed by atoms with Crippen LogP contribution >= 0.6 is 0 Å². The van der Waals surface area contributed by atoms with Gasteiger partial charge in [-0.1, -0.05) is 19.3 Å². The second kappa shape index (κ2) is 9.52. The Morgan fingerprint density at radius 3 is 2.30 bits per heavy atom. The third-order valence-corrected chi connectivity index (χ3v) is 7.77. The van der Waals surface area contributed by atoms with Crippen LogP contribution in [-0.2, 0) is 4.79 Å². The maximum Gasteiger partial charge on any atom is 0.257 e. The second-order valence-electron chi connectivity index (χ2n) is 9.90. The fourth-order valence-corrected chi connectivity index (χ4v) is 5.92. The number of hydrogen-bond acceptors (Lipinski definition) is 3. The molecule has 6 heteroatoms. The lowest BCUT2D eigenvalue weighted by Gasteiger charge is -2.39. The quantitative estimate of drug-likeness (QED) is 0.789. The van der Waals surface area contributed by atoms with Crippen LogP contribution in [0.15, 0.2) is 6.20 Å². The standard InChI is InChI=1S/C24H38N4O2/c1-17-7-6-8-18(2)28(17)24(30)21-16-25-26-23(21)20-11-13-27(14-12-20)22(29)15-19-9-4-3-5-10-19/h16-20H,3-15H2,1-2H3,(H,25,26)/t17-,18-/m0/s1. The lowest BCUT2D eigenvalue weighted by atomic mass is 9.86. The van der Waals surface area contributed by atoms with Crippen molar-refractivity contribution in [2.24, 2.45) is 5.92 Å². The molecule has 166 valence electrons. The second-order valence-corrected chi connectivity index (χ2v) is 9.90. The van der Waals surface area contributed by atoms with Crippen molar-refractivity contribution in [3.63, 3.8) is 0 Å². The molecule has 2 amide bonds. The molecule has 1 aromatic heterocycles. The molecule has 2 saturated heterocycles. The summed E-state index contributed by atoms with van der Waals surface area (Å²) in [6, 6.07) is 0.562. The van der Waals surface area contributed by atoms with Crippen LogP contribution in [0.4, 0.5) is 0 Å². The lowest BCUT2D eigenvalue weighted by Crippen LogP contribution is -2.47. The minimum atomic E-state index is 0.120. The molecule has 2 atom stereocenters. The van der Waals surface area contributed by atoms with Crippen molar-refractivity contribution >= 4 is 11.8 Å². The Morgan fingerprint density at radius 1 is 0.967 bits per heavy atom. The van der Waals surface area contributed by atoms with Gasteiger partial charge in [-0.15, -0.1) is 0 Å². The maximum atomic E-state index is 13.3. The first-order valence-electron chi connectivity index (χ1n) is 12.2. The summed E-state index contributed by atoms with van der Waals surface area (Å²) in [5.74, 6) is 1.32. The first-order chi connectivity index (χ1) is 14.5. The van der Waals surface area contributed by atoms with Crippen molar-refractivity contribution in [1.29, 1.82) is 0 Å². The number of aromatic nitrogens is 2. The molecule has 4 rings (SSSR count). The number of rotatable bonds is 4. The van der Waals surface area contributed by atoms with Crippen LogP contribution < -0.4 is 0 Å². The van der Waals surface area contributed by atoms with Crippen molar-refractivity contribution in [1.82, 2.24) is 20.0 Å². The molecule has 3 fully saturated rings. The third-order valence-electron chi connectivity index (χ3n) is 7.77. The zero-order chi connectivity index (χ0) is 21.1. The highest BCUT2D eigenvalue weighted by molar-refractivity contribution is 5.95.